The summed E-state index contributed by atoms with van der Waals surface area (Å²) in [6.07, 6.45) is 6.28. The maximum atomic E-state index is 4.33. The summed E-state index contributed by atoms with van der Waals surface area (Å²) in [4.78, 5) is 0. The Morgan fingerprint density at radius 1 is 1.29 bits per heavy atom. The van der Waals surface area contributed by atoms with Gasteiger partial charge >= 0.3 is 0 Å². The van der Waals surface area contributed by atoms with Crippen LogP contribution in [-0.2, 0) is 6.42 Å². The van der Waals surface area contributed by atoms with Crippen molar-refractivity contribution in [2.24, 2.45) is 0 Å². The Balaban J connectivity index is 2.01. The minimum atomic E-state index is 0.541. The second-order valence-electron chi connectivity index (χ2n) is 5.33. The van der Waals surface area contributed by atoms with Gasteiger partial charge in [0.1, 0.15) is 11.6 Å². The first kappa shape index (κ1) is 12.6. The Bertz CT molecular complexity index is 350. The molecule has 1 aromatic heterocycles. The first-order valence-electron chi connectivity index (χ1n) is 6.82. The van der Waals surface area contributed by atoms with E-state index in [1.807, 2.05) is 0 Å². The van der Waals surface area contributed by atoms with Crippen LogP contribution in [0.3, 0.4) is 0 Å². The molecule has 2 rings (SSSR count). The van der Waals surface area contributed by atoms with E-state index in [1.54, 1.807) is 0 Å². The lowest BCUT2D eigenvalue weighted by Gasteiger charge is -2.16. The van der Waals surface area contributed by atoms with E-state index in [0.717, 1.165) is 24.6 Å². The SMILES string of the molecule is Cc1nnc(CCNC(C)C)n1C1CCCC1. The summed E-state index contributed by atoms with van der Waals surface area (Å²) in [6, 6.07) is 1.19. The van der Waals surface area contributed by atoms with Crippen LogP contribution in [0.2, 0.25) is 0 Å². The van der Waals surface area contributed by atoms with Gasteiger partial charge in [0.05, 0.1) is 0 Å². The first-order valence-corrected chi connectivity index (χ1v) is 6.82. The summed E-state index contributed by atoms with van der Waals surface area (Å²) in [7, 11) is 0. The first-order chi connectivity index (χ1) is 8.18. The van der Waals surface area contributed by atoms with E-state index in [9.17, 15) is 0 Å². The molecule has 0 atom stereocenters. The Kier molecular flexibility index (Phi) is 4.15. The van der Waals surface area contributed by atoms with Crippen LogP contribution in [0.15, 0.2) is 0 Å². The van der Waals surface area contributed by atoms with E-state index in [4.69, 9.17) is 0 Å². The van der Waals surface area contributed by atoms with Crippen molar-refractivity contribution in [1.82, 2.24) is 20.1 Å². The van der Waals surface area contributed by atoms with Crippen molar-refractivity contribution in [3.8, 4) is 0 Å². The van der Waals surface area contributed by atoms with Gasteiger partial charge in [-0.2, -0.15) is 0 Å². The fourth-order valence-corrected chi connectivity index (χ4v) is 2.69. The fraction of sp³-hybridized carbons (Fsp3) is 0.846. The van der Waals surface area contributed by atoms with Crippen LogP contribution in [0.1, 0.15) is 57.2 Å². The minimum Gasteiger partial charge on any atom is -0.314 e. The maximum Gasteiger partial charge on any atom is 0.134 e. The van der Waals surface area contributed by atoms with Crippen molar-refractivity contribution in [2.45, 2.75) is 65.0 Å². The minimum absolute atomic E-state index is 0.541. The summed E-state index contributed by atoms with van der Waals surface area (Å²) >= 11 is 0. The fourth-order valence-electron chi connectivity index (χ4n) is 2.69. The van der Waals surface area contributed by atoms with Crippen LogP contribution in [0.5, 0.6) is 0 Å². The molecule has 0 aromatic carbocycles. The van der Waals surface area contributed by atoms with Gasteiger partial charge in [0.25, 0.3) is 0 Å². The van der Waals surface area contributed by atoms with E-state index < -0.39 is 0 Å². The van der Waals surface area contributed by atoms with Gasteiger partial charge in [-0.3, -0.25) is 0 Å². The Morgan fingerprint density at radius 2 is 2.00 bits per heavy atom. The molecule has 1 aromatic rings. The van der Waals surface area contributed by atoms with Gasteiger partial charge in [-0.15, -0.1) is 10.2 Å². The molecule has 0 saturated heterocycles. The molecule has 4 heteroatoms. The summed E-state index contributed by atoms with van der Waals surface area (Å²) < 4.78 is 2.37. The number of aromatic nitrogens is 3. The largest absolute Gasteiger partial charge is 0.314 e. The zero-order valence-corrected chi connectivity index (χ0v) is 11.2. The van der Waals surface area contributed by atoms with Crippen molar-refractivity contribution in [3.05, 3.63) is 11.6 Å². The van der Waals surface area contributed by atoms with Crippen LogP contribution >= 0.6 is 0 Å². The summed E-state index contributed by atoms with van der Waals surface area (Å²) in [6.45, 7) is 7.41. The number of aryl methyl sites for hydroxylation is 1. The Labute approximate surface area is 104 Å². The normalized spacial score (nSPS) is 17.2. The van der Waals surface area contributed by atoms with Crippen molar-refractivity contribution >= 4 is 0 Å². The third-order valence-electron chi connectivity index (χ3n) is 3.53. The second-order valence-corrected chi connectivity index (χ2v) is 5.33. The van der Waals surface area contributed by atoms with Gasteiger partial charge in [0, 0.05) is 25.0 Å². The van der Waals surface area contributed by atoms with Gasteiger partial charge in [0.15, 0.2) is 0 Å². The quantitative estimate of drug-likeness (QED) is 0.852. The number of nitrogens with one attached hydrogen (secondary N) is 1. The molecule has 1 fully saturated rings. The second kappa shape index (κ2) is 5.63. The molecule has 0 radical (unpaired) electrons. The third-order valence-corrected chi connectivity index (χ3v) is 3.53. The topological polar surface area (TPSA) is 42.7 Å². The highest BCUT2D eigenvalue weighted by molar-refractivity contribution is 4.99. The summed E-state index contributed by atoms with van der Waals surface area (Å²) in [5, 5.41) is 12.0. The van der Waals surface area contributed by atoms with Crippen molar-refractivity contribution in [2.75, 3.05) is 6.54 Å². The highest BCUT2D eigenvalue weighted by Crippen LogP contribution is 2.31. The summed E-state index contributed by atoms with van der Waals surface area (Å²) in [5.74, 6) is 2.24. The lowest BCUT2D eigenvalue weighted by atomic mass is 10.2. The standard InChI is InChI=1S/C13H24N4/c1-10(2)14-9-8-13-16-15-11(3)17(13)12-6-4-5-7-12/h10,12,14H,4-9H2,1-3H3. The predicted octanol–water partition coefficient (Wildman–Crippen LogP) is 2.24. The maximum absolute atomic E-state index is 4.33. The van der Waals surface area contributed by atoms with Gasteiger partial charge in [-0.05, 0) is 19.8 Å². The monoisotopic (exact) mass is 236 g/mol. The lowest BCUT2D eigenvalue weighted by Crippen LogP contribution is -2.26. The van der Waals surface area contributed by atoms with Crippen LogP contribution < -0.4 is 5.32 Å². The molecule has 1 aliphatic carbocycles. The van der Waals surface area contributed by atoms with Crippen LogP contribution in [-0.4, -0.2) is 27.4 Å². The molecule has 17 heavy (non-hydrogen) atoms. The van der Waals surface area contributed by atoms with E-state index >= 15 is 0 Å². The molecule has 0 unspecified atom stereocenters. The molecule has 0 spiro atoms. The molecule has 0 amide bonds. The molecule has 1 heterocycles. The Morgan fingerprint density at radius 3 is 2.65 bits per heavy atom. The third kappa shape index (κ3) is 3.06. The molecule has 0 aliphatic heterocycles. The zero-order valence-electron chi connectivity index (χ0n) is 11.2. The van der Waals surface area contributed by atoms with Crippen LogP contribution in [0.4, 0.5) is 0 Å². The number of rotatable bonds is 5. The van der Waals surface area contributed by atoms with E-state index in [2.05, 4.69) is 40.9 Å². The smallest absolute Gasteiger partial charge is 0.134 e. The molecule has 1 saturated carbocycles. The molecule has 1 aliphatic rings. The van der Waals surface area contributed by atoms with Gasteiger partial charge in [0.2, 0.25) is 0 Å². The van der Waals surface area contributed by atoms with Gasteiger partial charge in [-0.1, -0.05) is 26.7 Å². The van der Waals surface area contributed by atoms with Gasteiger partial charge < -0.3 is 9.88 Å². The van der Waals surface area contributed by atoms with Crippen molar-refractivity contribution in [3.63, 3.8) is 0 Å². The van der Waals surface area contributed by atoms with E-state index in [0.29, 0.717) is 12.1 Å². The number of hydrogen-bond donors (Lipinski definition) is 1. The van der Waals surface area contributed by atoms with Crippen molar-refractivity contribution < 1.29 is 0 Å². The zero-order chi connectivity index (χ0) is 12.3. The van der Waals surface area contributed by atoms with Crippen molar-refractivity contribution in [1.29, 1.82) is 0 Å². The van der Waals surface area contributed by atoms with Crippen LogP contribution in [0.25, 0.3) is 0 Å². The number of hydrogen-bond acceptors (Lipinski definition) is 3. The average molecular weight is 236 g/mol. The summed E-state index contributed by atoms with van der Waals surface area (Å²) in [5.41, 5.74) is 0. The average Bonchev–Trinajstić information content (AvgIpc) is 2.87. The number of nitrogens with zero attached hydrogens (tertiary/aromatic N) is 3. The van der Waals surface area contributed by atoms with Gasteiger partial charge in [-0.25, -0.2) is 0 Å². The lowest BCUT2D eigenvalue weighted by molar-refractivity contribution is 0.478. The Hall–Kier alpha value is -0.900. The molecular formula is C13H24N4. The van der Waals surface area contributed by atoms with E-state index in [-0.39, 0.29) is 0 Å². The highest BCUT2D eigenvalue weighted by atomic mass is 15.3. The molecule has 4 nitrogen and oxygen atoms in total. The van der Waals surface area contributed by atoms with Crippen LogP contribution in [0, 0.1) is 6.92 Å². The molecule has 0 bridgehead atoms. The molecule has 96 valence electrons. The highest BCUT2D eigenvalue weighted by Gasteiger charge is 2.21. The predicted molar refractivity (Wildman–Crippen MR) is 69.1 cm³/mol. The molecule has 1 N–H and O–H groups in total. The molecular weight excluding hydrogens is 212 g/mol. The van der Waals surface area contributed by atoms with E-state index in [1.165, 1.54) is 25.7 Å².